The molecule has 0 saturated carbocycles. The van der Waals surface area contributed by atoms with Crippen LogP contribution >= 0.6 is 0 Å². The number of amides is 1. The Bertz CT molecular complexity index is 608. The van der Waals surface area contributed by atoms with E-state index < -0.39 is 0 Å². The van der Waals surface area contributed by atoms with Crippen LogP contribution < -0.4 is 10.1 Å². The second-order valence-electron chi connectivity index (χ2n) is 4.87. The molecule has 1 atom stereocenters. The maximum absolute atomic E-state index is 12.0. The minimum Gasteiger partial charge on any atom is -0.508 e. The van der Waals surface area contributed by atoms with Crippen LogP contribution in [0.3, 0.4) is 0 Å². The van der Waals surface area contributed by atoms with Crippen molar-refractivity contribution in [3.8, 4) is 11.5 Å². The number of phenols is 1. The fourth-order valence-corrected chi connectivity index (χ4v) is 2.10. The zero-order valence-corrected chi connectivity index (χ0v) is 12.2. The molecule has 0 aliphatic carbocycles. The Balaban J connectivity index is 1.97. The molecule has 1 amide bonds. The van der Waals surface area contributed by atoms with Gasteiger partial charge in [0.25, 0.3) is 0 Å². The third-order valence-electron chi connectivity index (χ3n) is 3.34. The minimum atomic E-state index is -0.125. The standard InChI is InChI=1S/C17H19NO3/c1-12(13-7-9-15(21-2)10-8-13)18-17(20)11-14-5-3-4-6-16(14)19/h3-10,12,19H,11H2,1-2H3,(H,18,20). The maximum Gasteiger partial charge on any atom is 0.225 e. The first-order chi connectivity index (χ1) is 10.1. The molecule has 1 unspecified atom stereocenters. The van der Waals surface area contributed by atoms with E-state index in [1.807, 2.05) is 31.2 Å². The monoisotopic (exact) mass is 285 g/mol. The van der Waals surface area contributed by atoms with Crippen molar-refractivity contribution >= 4 is 5.91 Å². The first kappa shape index (κ1) is 14.9. The number of carbonyl (C=O) groups is 1. The summed E-state index contributed by atoms with van der Waals surface area (Å²) in [5.74, 6) is 0.802. The van der Waals surface area contributed by atoms with Gasteiger partial charge in [0.1, 0.15) is 11.5 Å². The molecule has 0 aliphatic rings. The molecule has 2 aromatic carbocycles. The topological polar surface area (TPSA) is 58.6 Å². The van der Waals surface area contributed by atoms with Crippen molar-refractivity contribution in [2.24, 2.45) is 0 Å². The fourth-order valence-electron chi connectivity index (χ4n) is 2.10. The van der Waals surface area contributed by atoms with E-state index in [1.54, 1.807) is 31.4 Å². The van der Waals surface area contributed by atoms with Gasteiger partial charge >= 0.3 is 0 Å². The maximum atomic E-state index is 12.0. The molecule has 0 bridgehead atoms. The van der Waals surface area contributed by atoms with Crippen molar-refractivity contribution in [1.29, 1.82) is 0 Å². The van der Waals surface area contributed by atoms with Crippen LogP contribution in [0.2, 0.25) is 0 Å². The molecular weight excluding hydrogens is 266 g/mol. The molecular formula is C17H19NO3. The van der Waals surface area contributed by atoms with Gasteiger partial charge in [0.15, 0.2) is 0 Å². The van der Waals surface area contributed by atoms with E-state index in [1.165, 1.54) is 0 Å². The highest BCUT2D eigenvalue weighted by molar-refractivity contribution is 5.79. The summed E-state index contributed by atoms with van der Waals surface area (Å²) in [5.41, 5.74) is 1.62. The van der Waals surface area contributed by atoms with Gasteiger partial charge in [0.2, 0.25) is 5.91 Å². The minimum absolute atomic E-state index is 0.103. The summed E-state index contributed by atoms with van der Waals surface area (Å²) in [7, 11) is 1.62. The number of hydrogen-bond acceptors (Lipinski definition) is 3. The van der Waals surface area contributed by atoms with E-state index in [-0.39, 0.29) is 24.1 Å². The third kappa shape index (κ3) is 3.99. The highest BCUT2D eigenvalue weighted by atomic mass is 16.5. The number of para-hydroxylation sites is 1. The van der Waals surface area contributed by atoms with E-state index in [0.29, 0.717) is 5.56 Å². The fraction of sp³-hybridized carbons (Fsp3) is 0.235. The predicted octanol–water partition coefficient (Wildman–Crippen LogP) is 2.82. The van der Waals surface area contributed by atoms with Crippen molar-refractivity contribution in [3.63, 3.8) is 0 Å². The zero-order valence-electron chi connectivity index (χ0n) is 12.2. The smallest absolute Gasteiger partial charge is 0.225 e. The lowest BCUT2D eigenvalue weighted by atomic mass is 10.1. The quantitative estimate of drug-likeness (QED) is 0.888. The molecule has 0 fully saturated rings. The second kappa shape index (κ2) is 6.79. The van der Waals surface area contributed by atoms with E-state index in [2.05, 4.69) is 5.32 Å². The van der Waals surface area contributed by atoms with Crippen LogP contribution in [0.5, 0.6) is 11.5 Å². The van der Waals surface area contributed by atoms with Gasteiger partial charge in [0.05, 0.1) is 19.6 Å². The number of methoxy groups -OCH3 is 1. The SMILES string of the molecule is COc1ccc(C(C)NC(=O)Cc2ccccc2O)cc1. The number of aromatic hydroxyl groups is 1. The van der Waals surface area contributed by atoms with Crippen LogP contribution in [0.15, 0.2) is 48.5 Å². The van der Waals surface area contributed by atoms with Gasteiger partial charge in [-0.25, -0.2) is 0 Å². The number of rotatable bonds is 5. The number of benzene rings is 2. The lowest BCUT2D eigenvalue weighted by molar-refractivity contribution is -0.121. The van der Waals surface area contributed by atoms with Gasteiger partial charge in [-0.1, -0.05) is 30.3 Å². The molecule has 110 valence electrons. The largest absolute Gasteiger partial charge is 0.508 e. The number of phenolic OH excluding ortho intramolecular Hbond substituents is 1. The summed E-state index contributed by atoms with van der Waals surface area (Å²) in [5, 5.41) is 12.6. The van der Waals surface area contributed by atoms with Crippen molar-refractivity contribution < 1.29 is 14.6 Å². The summed E-state index contributed by atoms with van der Waals surface area (Å²) < 4.78 is 5.11. The predicted molar refractivity (Wildman–Crippen MR) is 81.4 cm³/mol. The summed E-state index contributed by atoms with van der Waals surface area (Å²) >= 11 is 0. The van der Waals surface area contributed by atoms with Crippen LogP contribution in [-0.2, 0) is 11.2 Å². The van der Waals surface area contributed by atoms with Gasteiger partial charge < -0.3 is 15.2 Å². The first-order valence-corrected chi connectivity index (χ1v) is 6.80. The summed E-state index contributed by atoms with van der Waals surface area (Å²) in [6, 6.07) is 14.3. The molecule has 2 N–H and O–H groups in total. The summed E-state index contributed by atoms with van der Waals surface area (Å²) in [4.78, 5) is 12.0. The average molecular weight is 285 g/mol. The Morgan fingerprint density at radius 3 is 2.48 bits per heavy atom. The van der Waals surface area contributed by atoms with E-state index in [9.17, 15) is 9.90 Å². The lowest BCUT2D eigenvalue weighted by Crippen LogP contribution is -2.28. The summed E-state index contributed by atoms with van der Waals surface area (Å²) in [6.07, 6.45) is 0.160. The molecule has 0 spiro atoms. The Kier molecular flexibility index (Phi) is 4.82. The number of nitrogens with one attached hydrogen (secondary N) is 1. The van der Waals surface area contributed by atoms with Gasteiger partial charge in [-0.3, -0.25) is 4.79 Å². The molecule has 0 aliphatic heterocycles. The second-order valence-corrected chi connectivity index (χ2v) is 4.87. The van der Waals surface area contributed by atoms with E-state index in [0.717, 1.165) is 11.3 Å². The van der Waals surface area contributed by atoms with Gasteiger partial charge in [-0.2, -0.15) is 0 Å². The van der Waals surface area contributed by atoms with Crippen LogP contribution in [0.4, 0.5) is 0 Å². The Morgan fingerprint density at radius 2 is 1.86 bits per heavy atom. The summed E-state index contributed by atoms with van der Waals surface area (Å²) in [6.45, 7) is 1.92. The van der Waals surface area contributed by atoms with Gasteiger partial charge in [-0.05, 0) is 30.7 Å². The normalized spacial score (nSPS) is 11.7. The van der Waals surface area contributed by atoms with Crippen molar-refractivity contribution in [2.45, 2.75) is 19.4 Å². The molecule has 0 heterocycles. The Labute approximate surface area is 124 Å². The molecule has 0 saturated heterocycles. The average Bonchev–Trinajstić information content (AvgIpc) is 2.49. The molecule has 2 aromatic rings. The number of carbonyl (C=O) groups excluding carboxylic acids is 1. The van der Waals surface area contributed by atoms with Crippen molar-refractivity contribution in [1.82, 2.24) is 5.32 Å². The molecule has 0 radical (unpaired) electrons. The molecule has 4 nitrogen and oxygen atoms in total. The molecule has 4 heteroatoms. The van der Waals surface area contributed by atoms with E-state index >= 15 is 0 Å². The van der Waals surface area contributed by atoms with E-state index in [4.69, 9.17) is 4.74 Å². The Hall–Kier alpha value is -2.49. The van der Waals surface area contributed by atoms with Crippen LogP contribution in [0.25, 0.3) is 0 Å². The lowest BCUT2D eigenvalue weighted by Gasteiger charge is -2.15. The van der Waals surface area contributed by atoms with Crippen molar-refractivity contribution in [3.05, 3.63) is 59.7 Å². The van der Waals surface area contributed by atoms with Gasteiger partial charge in [-0.15, -0.1) is 0 Å². The molecule has 21 heavy (non-hydrogen) atoms. The molecule has 2 rings (SSSR count). The highest BCUT2D eigenvalue weighted by Gasteiger charge is 2.11. The Morgan fingerprint density at radius 1 is 1.19 bits per heavy atom. The zero-order chi connectivity index (χ0) is 15.2. The number of ether oxygens (including phenoxy) is 1. The highest BCUT2D eigenvalue weighted by Crippen LogP contribution is 2.19. The van der Waals surface area contributed by atoms with Crippen LogP contribution in [-0.4, -0.2) is 18.1 Å². The third-order valence-corrected chi connectivity index (χ3v) is 3.34. The van der Waals surface area contributed by atoms with Crippen molar-refractivity contribution in [2.75, 3.05) is 7.11 Å². The van der Waals surface area contributed by atoms with Crippen LogP contribution in [0.1, 0.15) is 24.1 Å². The number of hydrogen-bond donors (Lipinski definition) is 2. The molecule has 0 aromatic heterocycles. The first-order valence-electron chi connectivity index (χ1n) is 6.80. The van der Waals surface area contributed by atoms with Crippen LogP contribution in [0, 0.1) is 0 Å². The van der Waals surface area contributed by atoms with Gasteiger partial charge in [0, 0.05) is 5.56 Å².